The zero-order chi connectivity index (χ0) is 36.2. The summed E-state index contributed by atoms with van der Waals surface area (Å²) in [5.41, 5.74) is 10.4. The highest BCUT2D eigenvalue weighted by molar-refractivity contribution is 6.04. The molecule has 0 aliphatic rings. The SMILES string of the molecule is CC(=O)CCCNCc1cnc(C(=O)Cc2cccc(-c3cccc(NC(=O)c4cc(C)c(CCCCNC(C)=O)cn4)c3C)c2C)cc1C. The molecule has 4 aromatic rings. The molecular weight excluding hydrogens is 626 g/mol. The molecule has 0 bridgehead atoms. The molecule has 50 heavy (non-hydrogen) atoms. The zero-order valence-electron chi connectivity index (χ0n) is 30.2. The highest BCUT2D eigenvalue weighted by atomic mass is 16.2. The standard InChI is InChI=1S/C41H49N5O4/c1-26-21-39(45-24-33(26)13-7-8-19-43-31(6)48)41(50)46-37-17-10-16-36(30(37)5)35-15-9-14-32(29(35)4)22-40(49)38-20-27(2)34(25-44-38)23-42-18-11-12-28(3)47/h9-10,14-17,20-21,24-25,42H,7-8,11-13,18-19,22-23H2,1-6H3,(H,43,48)(H,46,50). The van der Waals surface area contributed by atoms with Crippen LogP contribution < -0.4 is 16.0 Å². The molecule has 0 aliphatic heterocycles. The van der Waals surface area contributed by atoms with Crippen LogP contribution in [0.4, 0.5) is 5.69 Å². The molecule has 0 spiro atoms. The number of aryl methyl sites for hydroxylation is 3. The Morgan fingerprint density at radius 1 is 0.700 bits per heavy atom. The fourth-order valence-electron chi connectivity index (χ4n) is 5.96. The minimum atomic E-state index is -0.279. The number of hydrogen-bond donors (Lipinski definition) is 3. The molecule has 0 fully saturated rings. The Hall–Kier alpha value is -5.02. The Balaban J connectivity index is 1.42. The van der Waals surface area contributed by atoms with Crippen molar-refractivity contribution >= 4 is 29.1 Å². The van der Waals surface area contributed by atoms with Gasteiger partial charge in [0.2, 0.25) is 5.91 Å². The first-order chi connectivity index (χ1) is 23.9. The van der Waals surface area contributed by atoms with Crippen LogP contribution in [0.15, 0.2) is 60.9 Å². The molecular formula is C41H49N5O4. The van der Waals surface area contributed by atoms with Crippen LogP contribution in [-0.4, -0.2) is 46.4 Å². The molecule has 9 nitrogen and oxygen atoms in total. The van der Waals surface area contributed by atoms with E-state index in [9.17, 15) is 19.2 Å². The lowest BCUT2D eigenvalue weighted by Crippen LogP contribution is -2.20. The van der Waals surface area contributed by atoms with Crippen LogP contribution in [-0.2, 0) is 29.0 Å². The van der Waals surface area contributed by atoms with E-state index in [1.165, 1.54) is 6.92 Å². The van der Waals surface area contributed by atoms with Crippen LogP contribution in [0.1, 0.15) is 99.5 Å². The highest BCUT2D eigenvalue weighted by Gasteiger charge is 2.17. The average Bonchev–Trinajstić information content (AvgIpc) is 3.07. The number of carbonyl (C=O) groups is 4. The van der Waals surface area contributed by atoms with E-state index in [0.717, 1.165) is 82.3 Å². The summed E-state index contributed by atoms with van der Waals surface area (Å²) in [6.07, 6.45) is 7.75. The predicted molar refractivity (Wildman–Crippen MR) is 199 cm³/mol. The van der Waals surface area contributed by atoms with E-state index in [2.05, 4.69) is 25.9 Å². The van der Waals surface area contributed by atoms with Gasteiger partial charge in [0, 0.05) is 50.9 Å². The van der Waals surface area contributed by atoms with Gasteiger partial charge in [-0.3, -0.25) is 24.4 Å². The molecule has 2 amide bonds. The number of amides is 2. The van der Waals surface area contributed by atoms with Gasteiger partial charge >= 0.3 is 0 Å². The molecule has 9 heteroatoms. The number of nitrogens with zero attached hydrogens (tertiary/aromatic N) is 2. The Morgan fingerprint density at radius 2 is 1.36 bits per heavy atom. The Bertz CT molecular complexity index is 1730. The van der Waals surface area contributed by atoms with Crippen LogP contribution in [0.2, 0.25) is 0 Å². The second-order valence-corrected chi connectivity index (χ2v) is 13.0. The molecule has 262 valence electrons. The summed E-state index contributed by atoms with van der Waals surface area (Å²) in [4.78, 5) is 57.8. The summed E-state index contributed by atoms with van der Waals surface area (Å²) in [5, 5.41) is 9.21. The smallest absolute Gasteiger partial charge is 0.274 e. The number of carbonyl (C=O) groups excluding carboxylic acids is 4. The van der Waals surface area contributed by atoms with Crippen molar-refractivity contribution in [2.75, 3.05) is 18.4 Å². The third-order valence-corrected chi connectivity index (χ3v) is 9.07. The van der Waals surface area contributed by atoms with Crippen molar-refractivity contribution in [1.29, 1.82) is 0 Å². The summed E-state index contributed by atoms with van der Waals surface area (Å²) in [6.45, 7) is 13.1. The van der Waals surface area contributed by atoms with E-state index >= 15 is 0 Å². The molecule has 0 saturated carbocycles. The molecule has 0 saturated heterocycles. The van der Waals surface area contributed by atoms with Crippen molar-refractivity contribution in [3.8, 4) is 11.1 Å². The van der Waals surface area contributed by atoms with Gasteiger partial charge in [0.15, 0.2) is 5.78 Å². The van der Waals surface area contributed by atoms with E-state index in [-0.39, 0.29) is 29.8 Å². The summed E-state index contributed by atoms with van der Waals surface area (Å²) in [7, 11) is 0. The van der Waals surface area contributed by atoms with Crippen LogP contribution in [0.25, 0.3) is 11.1 Å². The van der Waals surface area contributed by atoms with E-state index in [0.29, 0.717) is 36.6 Å². The minimum Gasteiger partial charge on any atom is -0.356 e. The largest absolute Gasteiger partial charge is 0.356 e. The predicted octanol–water partition coefficient (Wildman–Crippen LogP) is 6.97. The molecule has 0 radical (unpaired) electrons. The van der Waals surface area contributed by atoms with Crippen molar-refractivity contribution < 1.29 is 19.2 Å². The lowest BCUT2D eigenvalue weighted by molar-refractivity contribution is -0.119. The number of anilines is 1. The van der Waals surface area contributed by atoms with E-state index < -0.39 is 0 Å². The molecule has 4 rings (SSSR count). The third-order valence-electron chi connectivity index (χ3n) is 9.07. The molecule has 3 N–H and O–H groups in total. The number of hydrogen-bond acceptors (Lipinski definition) is 7. The molecule has 2 aromatic carbocycles. The number of aromatic nitrogens is 2. The fraction of sp³-hybridized carbons (Fsp3) is 0.366. The molecule has 0 atom stereocenters. The van der Waals surface area contributed by atoms with Gasteiger partial charge in [0.05, 0.1) is 0 Å². The van der Waals surface area contributed by atoms with Gasteiger partial charge in [-0.15, -0.1) is 0 Å². The van der Waals surface area contributed by atoms with Gasteiger partial charge in [0.25, 0.3) is 5.91 Å². The monoisotopic (exact) mass is 675 g/mol. The first kappa shape index (κ1) is 37.8. The fourth-order valence-corrected chi connectivity index (χ4v) is 5.96. The van der Waals surface area contributed by atoms with Gasteiger partial charge in [-0.1, -0.05) is 30.3 Å². The number of Topliss-reactive ketones (excluding diaryl/α,β-unsaturated/α-hetero) is 2. The van der Waals surface area contributed by atoms with E-state index in [1.54, 1.807) is 19.3 Å². The first-order valence-electron chi connectivity index (χ1n) is 17.3. The summed E-state index contributed by atoms with van der Waals surface area (Å²) < 4.78 is 0. The molecule has 2 aromatic heterocycles. The van der Waals surface area contributed by atoms with Crippen molar-refractivity contribution in [1.82, 2.24) is 20.6 Å². The average molecular weight is 676 g/mol. The molecule has 0 unspecified atom stereocenters. The topological polar surface area (TPSA) is 130 Å². The summed E-state index contributed by atoms with van der Waals surface area (Å²) in [6, 6.07) is 15.5. The van der Waals surface area contributed by atoms with Crippen molar-refractivity contribution in [3.63, 3.8) is 0 Å². The number of pyridine rings is 2. The summed E-state index contributed by atoms with van der Waals surface area (Å²) in [5.74, 6) is -0.161. The van der Waals surface area contributed by atoms with Gasteiger partial charge < -0.3 is 20.7 Å². The number of benzene rings is 2. The second-order valence-electron chi connectivity index (χ2n) is 13.0. The number of unbranched alkanes of at least 4 members (excludes halogenated alkanes) is 1. The Labute approximate surface area is 295 Å². The van der Waals surface area contributed by atoms with E-state index in [4.69, 9.17) is 0 Å². The normalized spacial score (nSPS) is 10.9. The molecule has 2 heterocycles. The van der Waals surface area contributed by atoms with Crippen LogP contribution in [0.5, 0.6) is 0 Å². The minimum absolute atomic E-state index is 0.0234. The first-order valence-corrected chi connectivity index (χ1v) is 17.3. The maximum atomic E-state index is 13.4. The Kier molecular flexibility index (Phi) is 13.7. The van der Waals surface area contributed by atoms with Crippen molar-refractivity contribution in [3.05, 3.63) is 111 Å². The summed E-state index contributed by atoms with van der Waals surface area (Å²) >= 11 is 0. The van der Waals surface area contributed by atoms with Crippen molar-refractivity contribution in [2.24, 2.45) is 0 Å². The maximum Gasteiger partial charge on any atom is 0.274 e. The number of nitrogens with one attached hydrogen (secondary N) is 3. The van der Waals surface area contributed by atoms with Gasteiger partial charge in [-0.25, -0.2) is 0 Å². The van der Waals surface area contributed by atoms with Gasteiger partial charge in [0.1, 0.15) is 17.2 Å². The lowest BCUT2D eigenvalue weighted by atomic mass is 9.91. The molecule has 0 aliphatic carbocycles. The number of rotatable bonds is 17. The van der Waals surface area contributed by atoms with Crippen LogP contribution in [0.3, 0.4) is 0 Å². The van der Waals surface area contributed by atoms with Crippen LogP contribution in [0, 0.1) is 27.7 Å². The highest BCUT2D eigenvalue weighted by Crippen LogP contribution is 2.33. The van der Waals surface area contributed by atoms with Crippen LogP contribution >= 0.6 is 0 Å². The third kappa shape index (κ3) is 10.5. The maximum absolute atomic E-state index is 13.4. The Morgan fingerprint density at radius 3 is 2.06 bits per heavy atom. The second kappa shape index (κ2) is 18.1. The number of ketones is 2. The van der Waals surface area contributed by atoms with E-state index in [1.807, 2.05) is 76.2 Å². The van der Waals surface area contributed by atoms with Gasteiger partial charge in [-0.05, 0) is 135 Å². The lowest BCUT2D eigenvalue weighted by Gasteiger charge is -2.16. The quantitative estimate of drug-likeness (QED) is 0.0814. The van der Waals surface area contributed by atoms with Gasteiger partial charge in [-0.2, -0.15) is 0 Å². The van der Waals surface area contributed by atoms with Crippen molar-refractivity contribution in [2.45, 2.75) is 86.6 Å². The zero-order valence-corrected chi connectivity index (χ0v) is 30.2.